The van der Waals surface area contributed by atoms with Gasteiger partial charge in [-0.3, -0.25) is 0 Å². The molecule has 1 heterocycles. The van der Waals surface area contributed by atoms with Crippen LogP contribution in [0.2, 0.25) is 10.3 Å². The topological polar surface area (TPSA) is 76.7 Å². The van der Waals surface area contributed by atoms with Crippen LogP contribution in [-0.4, -0.2) is 15.0 Å². The lowest BCUT2D eigenvalue weighted by molar-refractivity contribution is 1.01. The standard InChI is InChI=1S/C10H9Cl2N5/c11-7-3-1-6(2-4-7)5-14-10-16-8(12)15-9(13)17-10/h1-4H,5H2,(H3,13,14,15,16,17). The molecule has 2 rings (SSSR count). The van der Waals surface area contributed by atoms with Gasteiger partial charge in [0.05, 0.1) is 0 Å². The van der Waals surface area contributed by atoms with Crippen molar-refractivity contribution in [2.75, 3.05) is 11.1 Å². The Bertz CT molecular complexity index is 494. The van der Waals surface area contributed by atoms with Crippen LogP contribution in [0, 0.1) is 0 Å². The quantitative estimate of drug-likeness (QED) is 0.895. The highest BCUT2D eigenvalue weighted by Gasteiger charge is 2.01. The number of nitrogen functional groups attached to an aromatic ring is 1. The first-order chi connectivity index (χ1) is 8.13. The Balaban J connectivity index is 2.04. The summed E-state index contributed by atoms with van der Waals surface area (Å²) in [5, 5.41) is 3.75. The zero-order valence-electron chi connectivity index (χ0n) is 8.69. The van der Waals surface area contributed by atoms with E-state index in [1.165, 1.54) is 0 Å². The van der Waals surface area contributed by atoms with Crippen molar-refractivity contribution in [1.29, 1.82) is 0 Å². The van der Waals surface area contributed by atoms with Crippen LogP contribution < -0.4 is 11.1 Å². The van der Waals surface area contributed by atoms with E-state index in [-0.39, 0.29) is 11.2 Å². The minimum absolute atomic E-state index is 0.0658. The molecule has 7 heteroatoms. The molecule has 1 aromatic carbocycles. The first kappa shape index (κ1) is 11.9. The first-order valence-corrected chi connectivity index (χ1v) is 5.54. The van der Waals surface area contributed by atoms with Gasteiger partial charge in [-0.2, -0.15) is 15.0 Å². The minimum Gasteiger partial charge on any atom is -0.368 e. The lowest BCUT2D eigenvalue weighted by Gasteiger charge is -2.05. The zero-order chi connectivity index (χ0) is 12.3. The number of anilines is 2. The van der Waals surface area contributed by atoms with Crippen molar-refractivity contribution < 1.29 is 0 Å². The number of nitrogens with one attached hydrogen (secondary N) is 1. The van der Waals surface area contributed by atoms with E-state index < -0.39 is 0 Å². The van der Waals surface area contributed by atoms with Crippen LogP contribution in [-0.2, 0) is 6.54 Å². The molecule has 2 aromatic rings. The Hall–Kier alpha value is -1.59. The van der Waals surface area contributed by atoms with E-state index in [4.69, 9.17) is 28.9 Å². The molecule has 0 saturated carbocycles. The Morgan fingerprint density at radius 3 is 2.41 bits per heavy atom. The van der Waals surface area contributed by atoms with Crippen LogP contribution in [0.1, 0.15) is 5.56 Å². The molecule has 0 atom stereocenters. The smallest absolute Gasteiger partial charge is 0.229 e. The lowest BCUT2D eigenvalue weighted by atomic mass is 10.2. The van der Waals surface area contributed by atoms with E-state index in [9.17, 15) is 0 Å². The van der Waals surface area contributed by atoms with Gasteiger partial charge in [0.15, 0.2) is 0 Å². The fourth-order valence-electron chi connectivity index (χ4n) is 1.23. The molecule has 3 N–H and O–H groups in total. The summed E-state index contributed by atoms with van der Waals surface area (Å²) in [5.41, 5.74) is 6.49. The van der Waals surface area contributed by atoms with Crippen molar-refractivity contribution in [3.8, 4) is 0 Å². The van der Waals surface area contributed by atoms with Crippen molar-refractivity contribution in [1.82, 2.24) is 15.0 Å². The van der Waals surface area contributed by atoms with Crippen LogP contribution >= 0.6 is 23.2 Å². The molecule has 17 heavy (non-hydrogen) atoms. The predicted octanol–water partition coefficient (Wildman–Crippen LogP) is 2.37. The largest absolute Gasteiger partial charge is 0.368 e. The van der Waals surface area contributed by atoms with Gasteiger partial charge < -0.3 is 11.1 Å². The van der Waals surface area contributed by atoms with Gasteiger partial charge in [0.25, 0.3) is 0 Å². The molecule has 0 aliphatic carbocycles. The summed E-state index contributed by atoms with van der Waals surface area (Å²) >= 11 is 11.4. The van der Waals surface area contributed by atoms with Crippen LogP contribution in [0.5, 0.6) is 0 Å². The van der Waals surface area contributed by atoms with E-state index >= 15 is 0 Å². The highest BCUT2D eigenvalue weighted by molar-refractivity contribution is 6.30. The number of halogens is 2. The molecule has 0 aliphatic heterocycles. The first-order valence-electron chi connectivity index (χ1n) is 4.79. The number of hydrogen-bond acceptors (Lipinski definition) is 5. The van der Waals surface area contributed by atoms with Gasteiger partial charge in [0, 0.05) is 11.6 Å². The Morgan fingerprint density at radius 1 is 1.06 bits per heavy atom. The second-order valence-corrected chi connectivity index (χ2v) is 4.04. The van der Waals surface area contributed by atoms with Gasteiger partial charge in [0.2, 0.25) is 17.2 Å². The molecule has 0 unspecified atom stereocenters. The average molecular weight is 270 g/mol. The monoisotopic (exact) mass is 269 g/mol. The molecule has 0 spiro atoms. The molecule has 0 amide bonds. The second-order valence-electron chi connectivity index (χ2n) is 3.27. The summed E-state index contributed by atoms with van der Waals surface area (Å²) in [6.07, 6.45) is 0. The normalized spacial score (nSPS) is 10.2. The summed E-state index contributed by atoms with van der Waals surface area (Å²) in [6, 6.07) is 7.43. The number of hydrogen-bond donors (Lipinski definition) is 2. The highest BCUT2D eigenvalue weighted by atomic mass is 35.5. The van der Waals surface area contributed by atoms with Gasteiger partial charge in [-0.25, -0.2) is 0 Å². The maximum Gasteiger partial charge on any atom is 0.229 e. The fraction of sp³-hybridized carbons (Fsp3) is 0.100. The summed E-state index contributed by atoms with van der Waals surface area (Å²) in [7, 11) is 0. The number of nitrogens with two attached hydrogens (primary N) is 1. The van der Waals surface area contributed by atoms with Crippen molar-refractivity contribution in [2.45, 2.75) is 6.54 Å². The van der Waals surface area contributed by atoms with Gasteiger partial charge in [-0.05, 0) is 29.3 Å². The summed E-state index contributed by atoms with van der Waals surface area (Å²) in [4.78, 5) is 11.5. The molecule has 5 nitrogen and oxygen atoms in total. The van der Waals surface area contributed by atoms with E-state index in [1.54, 1.807) is 0 Å². The van der Waals surface area contributed by atoms with Crippen molar-refractivity contribution in [3.63, 3.8) is 0 Å². The number of benzene rings is 1. The Morgan fingerprint density at radius 2 is 1.76 bits per heavy atom. The van der Waals surface area contributed by atoms with Gasteiger partial charge in [0.1, 0.15) is 0 Å². The minimum atomic E-state index is 0.0658. The van der Waals surface area contributed by atoms with Crippen LogP contribution in [0.25, 0.3) is 0 Å². The maximum atomic E-state index is 5.78. The molecule has 0 bridgehead atoms. The van der Waals surface area contributed by atoms with Gasteiger partial charge in [-0.15, -0.1) is 0 Å². The second kappa shape index (κ2) is 5.16. The lowest BCUT2D eigenvalue weighted by Crippen LogP contribution is -2.06. The average Bonchev–Trinajstić information content (AvgIpc) is 2.27. The number of aromatic nitrogens is 3. The van der Waals surface area contributed by atoms with E-state index in [1.807, 2.05) is 24.3 Å². The molecule has 0 aliphatic rings. The van der Waals surface area contributed by atoms with Crippen molar-refractivity contribution in [2.24, 2.45) is 0 Å². The summed E-state index contributed by atoms with van der Waals surface area (Å²) in [6.45, 7) is 0.553. The van der Waals surface area contributed by atoms with Gasteiger partial charge >= 0.3 is 0 Å². The summed E-state index contributed by atoms with van der Waals surface area (Å²) in [5.74, 6) is 0.432. The fourth-order valence-corrected chi connectivity index (χ4v) is 1.52. The molecule has 0 saturated heterocycles. The van der Waals surface area contributed by atoms with Crippen LogP contribution in [0.3, 0.4) is 0 Å². The zero-order valence-corrected chi connectivity index (χ0v) is 10.2. The predicted molar refractivity (Wildman–Crippen MR) is 68.0 cm³/mol. The van der Waals surface area contributed by atoms with E-state index in [0.717, 1.165) is 5.56 Å². The third kappa shape index (κ3) is 3.44. The molecular formula is C10H9Cl2N5. The third-order valence-corrected chi connectivity index (χ3v) is 2.41. The van der Waals surface area contributed by atoms with E-state index in [0.29, 0.717) is 17.5 Å². The highest BCUT2D eigenvalue weighted by Crippen LogP contribution is 2.11. The third-order valence-electron chi connectivity index (χ3n) is 1.99. The summed E-state index contributed by atoms with van der Waals surface area (Å²) < 4.78 is 0. The van der Waals surface area contributed by atoms with E-state index in [2.05, 4.69) is 20.3 Å². The molecule has 88 valence electrons. The van der Waals surface area contributed by atoms with Gasteiger partial charge in [-0.1, -0.05) is 23.7 Å². The molecular weight excluding hydrogens is 261 g/mol. The van der Waals surface area contributed by atoms with Crippen LogP contribution in [0.15, 0.2) is 24.3 Å². The van der Waals surface area contributed by atoms with Crippen LogP contribution in [0.4, 0.5) is 11.9 Å². The maximum absolute atomic E-state index is 5.78. The molecule has 0 fully saturated rings. The SMILES string of the molecule is Nc1nc(Cl)nc(NCc2ccc(Cl)cc2)n1. The van der Waals surface area contributed by atoms with Crippen molar-refractivity contribution >= 4 is 35.1 Å². The number of nitrogens with zero attached hydrogens (tertiary/aromatic N) is 3. The Kier molecular flexibility index (Phi) is 3.61. The molecule has 0 radical (unpaired) electrons. The Labute approximate surface area is 108 Å². The number of rotatable bonds is 3. The van der Waals surface area contributed by atoms with Crippen molar-refractivity contribution in [3.05, 3.63) is 40.1 Å². The molecule has 1 aromatic heterocycles.